The molecule has 0 aliphatic heterocycles. The predicted octanol–water partition coefficient (Wildman–Crippen LogP) is 2.71. The minimum Gasteiger partial charge on any atom is -0.506 e. The van der Waals surface area contributed by atoms with Crippen LogP contribution in [-0.2, 0) is 14.3 Å². The van der Waals surface area contributed by atoms with Crippen LogP contribution in [0.5, 0.6) is 5.75 Å². The lowest BCUT2D eigenvalue weighted by atomic mass is 10.2. The Morgan fingerprint density at radius 1 is 1.45 bits per heavy atom. The van der Waals surface area contributed by atoms with Gasteiger partial charge in [0.25, 0.3) is 0 Å². The first-order chi connectivity index (χ1) is 9.31. The highest BCUT2D eigenvalue weighted by Gasteiger charge is 2.14. The van der Waals surface area contributed by atoms with Crippen molar-refractivity contribution in [2.75, 3.05) is 6.61 Å². The summed E-state index contributed by atoms with van der Waals surface area (Å²) in [6.07, 6.45) is -0.587. The van der Waals surface area contributed by atoms with E-state index in [2.05, 4.69) is 6.58 Å². The monoisotopic (exact) mass is 298 g/mol. The normalized spacial score (nSPS) is 11.6. The third-order valence-electron chi connectivity index (χ3n) is 2.29. The van der Waals surface area contributed by atoms with Crippen LogP contribution in [0.4, 0.5) is 0 Å². The van der Waals surface area contributed by atoms with Crippen molar-refractivity contribution in [2.45, 2.75) is 20.0 Å². The average molecular weight is 299 g/mol. The number of ether oxygens (including phenoxy) is 2. The van der Waals surface area contributed by atoms with E-state index in [1.807, 2.05) is 0 Å². The summed E-state index contributed by atoms with van der Waals surface area (Å²) in [7, 11) is 0. The number of hydrogen-bond donors (Lipinski definition) is 1. The van der Waals surface area contributed by atoms with Gasteiger partial charge in [-0.25, -0.2) is 9.59 Å². The van der Waals surface area contributed by atoms with Crippen LogP contribution in [-0.4, -0.2) is 29.8 Å². The first-order valence-electron chi connectivity index (χ1n) is 5.83. The summed E-state index contributed by atoms with van der Waals surface area (Å²) in [4.78, 5) is 23.0. The van der Waals surface area contributed by atoms with Crippen molar-refractivity contribution in [1.82, 2.24) is 0 Å². The molecule has 5 nitrogen and oxygen atoms in total. The van der Waals surface area contributed by atoms with Gasteiger partial charge in [0, 0.05) is 5.57 Å². The highest BCUT2D eigenvalue weighted by atomic mass is 35.5. The van der Waals surface area contributed by atoms with Crippen LogP contribution in [0.2, 0.25) is 5.02 Å². The average Bonchev–Trinajstić information content (AvgIpc) is 2.39. The van der Waals surface area contributed by atoms with Crippen LogP contribution >= 0.6 is 11.6 Å². The molecule has 0 bridgehead atoms. The molecule has 20 heavy (non-hydrogen) atoms. The fraction of sp³-hybridized carbons (Fsp3) is 0.286. The Hall–Kier alpha value is -2.01. The van der Waals surface area contributed by atoms with Crippen LogP contribution < -0.4 is 0 Å². The van der Waals surface area contributed by atoms with Crippen molar-refractivity contribution < 1.29 is 24.2 Å². The van der Waals surface area contributed by atoms with Gasteiger partial charge in [0.2, 0.25) is 0 Å². The van der Waals surface area contributed by atoms with Gasteiger partial charge in [0.1, 0.15) is 18.5 Å². The zero-order valence-electron chi connectivity index (χ0n) is 11.2. The second-order valence-electron chi connectivity index (χ2n) is 4.26. The molecule has 0 aliphatic carbocycles. The van der Waals surface area contributed by atoms with Gasteiger partial charge in [-0.1, -0.05) is 18.2 Å². The molecule has 0 heterocycles. The molecule has 0 saturated heterocycles. The lowest BCUT2D eigenvalue weighted by Gasteiger charge is -2.13. The molecule has 6 heteroatoms. The molecule has 1 aromatic rings. The van der Waals surface area contributed by atoms with E-state index in [1.54, 1.807) is 6.92 Å². The van der Waals surface area contributed by atoms with Gasteiger partial charge in [-0.05, 0) is 32.0 Å². The fourth-order valence-corrected chi connectivity index (χ4v) is 1.41. The van der Waals surface area contributed by atoms with Crippen LogP contribution in [0.3, 0.4) is 0 Å². The molecule has 108 valence electrons. The van der Waals surface area contributed by atoms with E-state index in [-0.39, 0.29) is 28.5 Å². The molecule has 0 radical (unpaired) electrons. The maximum Gasteiger partial charge on any atom is 0.338 e. The number of carbonyl (C=O) groups excluding carboxylic acids is 2. The Morgan fingerprint density at radius 2 is 2.10 bits per heavy atom. The first-order valence-corrected chi connectivity index (χ1v) is 6.21. The maximum atomic E-state index is 11.7. The highest BCUT2D eigenvalue weighted by molar-refractivity contribution is 6.32. The molecule has 1 rings (SSSR count). The quantitative estimate of drug-likeness (QED) is 0.668. The Bertz CT molecular complexity index is 538. The Morgan fingerprint density at radius 3 is 2.65 bits per heavy atom. The number of benzene rings is 1. The van der Waals surface area contributed by atoms with E-state index in [0.29, 0.717) is 0 Å². The number of carbonyl (C=O) groups is 2. The molecule has 0 saturated carbocycles. The van der Waals surface area contributed by atoms with E-state index in [1.165, 1.54) is 25.1 Å². The zero-order chi connectivity index (χ0) is 15.3. The SMILES string of the molecule is C=C(C)C(=O)OC(C)COC(=O)c1ccc(O)c(Cl)c1. The zero-order valence-corrected chi connectivity index (χ0v) is 11.9. The predicted molar refractivity (Wildman–Crippen MR) is 73.8 cm³/mol. The van der Waals surface area contributed by atoms with Crippen LogP contribution in [0.1, 0.15) is 24.2 Å². The van der Waals surface area contributed by atoms with Gasteiger partial charge in [-0.15, -0.1) is 0 Å². The summed E-state index contributed by atoms with van der Waals surface area (Å²) in [6, 6.07) is 3.97. The van der Waals surface area contributed by atoms with E-state index in [4.69, 9.17) is 21.1 Å². The molecule has 1 atom stereocenters. The minimum atomic E-state index is -0.620. The molecule has 1 N–H and O–H groups in total. The smallest absolute Gasteiger partial charge is 0.338 e. The summed E-state index contributed by atoms with van der Waals surface area (Å²) in [5, 5.41) is 9.30. The van der Waals surface area contributed by atoms with E-state index in [0.717, 1.165) is 0 Å². The molecule has 1 aromatic carbocycles. The number of hydrogen-bond acceptors (Lipinski definition) is 5. The Kier molecular flexibility index (Phi) is 5.58. The number of aromatic hydroxyl groups is 1. The van der Waals surface area contributed by atoms with Crippen molar-refractivity contribution in [3.05, 3.63) is 40.9 Å². The number of phenols is 1. The van der Waals surface area contributed by atoms with Crippen LogP contribution in [0, 0.1) is 0 Å². The van der Waals surface area contributed by atoms with Crippen LogP contribution in [0.25, 0.3) is 0 Å². The molecule has 1 unspecified atom stereocenters. The van der Waals surface area contributed by atoms with Crippen molar-refractivity contribution >= 4 is 23.5 Å². The third kappa shape index (κ3) is 4.59. The number of phenolic OH excluding ortho intramolecular Hbond substituents is 1. The largest absolute Gasteiger partial charge is 0.506 e. The molecule has 0 amide bonds. The van der Waals surface area contributed by atoms with Gasteiger partial charge in [-0.2, -0.15) is 0 Å². The number of esters is 2. The minimum absolute atomic E-state index is 0.0567. The van der Waals surface area contributed by atoms with Gasteiger partial charge >= 0.3 is 11.9 Å². The highest BCUT2D eigenvalue weighted by Crippen LogP contribution is 2.23. The maximum absolute atomic E-state index is 11.7. The van der Waals surface area contributed by atoms with E-state index >= 15 is 0 Å². The van der Waals surface area contributed by atoms with Crippen molar-refractivity contribution in [1.29, 1.82) is 0 Å². The third-order valence-corrected chi connectivity index (χ3v) is 2.59. The number of halogens is 1. The van der Waals surface area contributed by atoms with Gasteiger partial charge in [0.05, 0.1) is 10.6 Å². The van der Waals surface area contributed by atoms with Crippen molar-refractivity contribution in [3.8, 4) is 5.75 Å². The summed E-state index contributed by atoms with van der Waals surface area (Å²) >= 11 is 5.69. The number of rotatable bonds is 5. The Balaban J connectivity index is 2.52. The molecular weight excluding hydrogens is 284 g/mol. The van der Waals surface area contributed by atoms with Gasteiger partial charge in [-0.3, -0.25) is 0 Å². The first kappa shape index (κ1) is 16.0. The van der Waals surface area contributed by atoms with E-state index < -0.39 is 18.0 Å². The lowest BCUT2D eigenvalue weighted by Crippen LogP contribution is -2.22. The summed E-state index contributed by atoms with van der Waals surface area (Å²) in [5.41, 5.74) is 0.472. The Labute approximate surface area is 121 Å². The molecule has 0 aromatic heterocycles. The molecular formula is C14H15ClO5. The van der Waals surface area contributed by atoms with Gasteiger partial charge < -0.3 is 14.6 Å². The molecule has 0 fully saturated rings. The second kappa shape index (κ2) is 6.96. The topological polar surface area (TPSA) is 72.8 Å². The standard InChI is InChI=1S/C14H15ClO5/c1-8(2)13(17)20-9(3)7-19-14(18)10-4-5-12(16)11(15)6-10/h4-6,9,16H,1,7H2,2-3H3. The molecule has 0 aliphatic rings. The van der Waals surface area contributed by atoms with Crippen molar-refractivity contribution in [2.24, 2.45) is 0 Å². The fourth-order valence-electron chi connectivity index (χ4n) is 1.23. The van der Waals surface area contributed by atoms with Crippen molar-refractivity contribution in [3.63, 3.8) is 0 Å². The van der Waals surface area contributed by atoms with Gasteiger partial charge in [0.15, 0.2) is 0 Å². The lowest BCUT2D eigenvalue weighted by molar-refractivity contribution is -0.145. The molecule has 0 spiro atoms. The summed E-state index contributed by atoms with van der Waals surface area (Å²) in [6.45, 7) is 6.48. The van der Waals surface area contributed by atoms with E-state index in [9.17, 15) is 14.7 Å². The second-order valence-corrected chi connectivity index (χ2v) is 4.67. The summed E-state index contributed by atoms with van der Waals surface area (Å²) < 4.78 is 9.94. The summed E-state index contributed by atoms with van der Waals surface area (Å²) in [5.74, 6) is -1.28. The van der Waals surface area contributed by atoms with Crippen LogP contribution in [0.15, 0.2) is 30.4 Å².